The molecule has 0 spiro atoms. The second-order valence-corrected chi connectivity index (χ2v) is 4.71. The van der Waals surface area contributed by atoms with Gasteiger partial charge in [0.25, 0.3) is 11.6 Å². The van der Waals surface area contributed by atoms with Crippen molar-refractivity contribution < 1.29 is 27.8 Å². The van der Waals surface area contributed by atoms with Crippen LogP contribution in [0.3, 0.4) is 0 Å². The van der Waals surface area contributed by atoms with E-state index < -0.39 is 29.4 Å². The van der Waals surface area contributed by atoms with Crippen LogP contribution in [0, 0.1) is 0 Å². The van der Waals surface area contributed by atoms with Crippen LogP contribution < -0.4 is 4.74 Å². The fraction of sp³-hybridized carbons (Fsp3) is 0.143. The van der Waals surface area contributed by atoms with E-state index in [2.05, 4.69) is 15.1 Å². The molecule has 0 aliphatic heterocycles. The molecule has 0 aliphatic rings. The largest absolute Gasteiger partial charge is 0.497 e. The minimum Gasteiger partial charge on any atom is -0.497 e. The predicted octanol–water partition coefficient (Wildman–Crippen LogP) is 2.52. The normalized spacial score (nSPS) is 11.7. The highest BCUT2D eigenvalue weighted by Crippen LogP contribution is 2.28. The summed E-state index contributed by atoms with van der Waals surface area (Å²) in [4.78, 5) is 18.6. The first kappa shape index (κ1) is 15.7. The Morgan fingerprint density at radius 2 is 1.88 bits per heavy atom. The highest BCUT2D eigenvalue weighted by Gasteiger charge is 2.37. The molecular weight excluding hydrogens is 329 g/mol. The Balaban J connectivity index is 2.20. The lowest BCUT2D eigenvalue weighted by Gasteiger charge is -2.05. The number of carboxylic acid groups (broad SMARTS) is 1. The summed E-state index contributed by atoms with van der Waals surface area (Å²) >= 11 is 0. The standard InChI is InChI=1S/C14H9F3N4O3/c1-24-8-4-2-7(3-5-8)9-6-10(11(22)23)21-13(18-9)19-12(20-21)14(15,16)17/h2-6H,1H3,(H,22,23). The van der Waals surface area contributed by atoms with Gasteiger partial charge in [0, 0.05) is 5.56 Å². The average Bonchev–Trinajstić information content (AvgIpc) is 2.98. The number of fused-ring (bicyclic) bond motifs is 1. The molecule has 0 fully saturated rings. The topological polar surface area (TPSA) is 89.6 Å². The van der Waals surface area contributed by atoms with Crippen molar-refractivity contribution in [3.8, 4) is 17.0 Å². The first-order chi connectivity index (χ1) is 11.3. The minimum atomic E-state index is -4.80. The first-order valence-electron chi connectivity index (χ1n) is 6.52. The summed E-state index contributed by atoms with van der Waals surface area (Å²) in [5, 5.41) is 12.4. The third-order valence-corrected chi connectivity index (χ3v) is 3.17. The van der Waals surface area contributed by atoms with Gasteiger partial charge in [0.1, 0.15) is 5.75 Å². The average molecular weight is 338 g/mol. The number of carbonyl (C=O) groups is 1. The summed E-state index contributed by atoms with van der Waals surface area (Å²) in [5.74, 6) is -2.78. The van der Waals surface area contributed by atoms with Gasteiger partial charge in [-0.25, -0.2) is 9.78 Å². The molecule has 3 rings (SSSR count). The zero-order valence-electron chi connectivity index (χ0n) is 12.1. The van der Waals surface area contributed by atoms with Crippen LogP contribution >= 0.6 is 0 Å². The molecule has 2 aromatic heterocycles. The van der Waals surface area contributed by atoms with E-state index in [1.54, 1.807) is 24.3 Å². The van der Waals surface area contributed by atoms with E-state index in [1.165, 1.54) is 7.11 Å². The van der Waals surface area contributed by atoms with Crippen molar-refractivity contribution in [2.45, 2.75) is 6.18 Å². The molecule has 1 N–H and O–H groups in total. The predicted molar refractivity (Wildman–Crippen MR) is 74.7 cm³/mol. The number of hydrogen-bond donors (Lipinski definition) is 1. The summed E-state index contributed by atoms with van der Waals surface area (Å²) in [6, 6.07) is 7.57. The maximum absolute atomic E-state index is 12.7. The van der Waals surface area contributed by atoms with Crippen LogP contribution in [0.15, 0.2) is 30.3 Å². The van der Waals surface area contributed by atoms with Crippen molar-refractivity contribution in [3.05, 3.63) is 41.9 Å². The number of methoxy groups -OCH3 is 1. The van der Waals surface area contributed by atoms with Crippen LogP contribution in [0.4, 0.5) is 13.2 Å². The molecule has 3 aromatic rings. The molecule has 0 unspecified atom stereocenters. The highest BCUT2D eigenvalue weighted by molar-refractivity contribution is 5.87. The number of nitrogens with zero attached hydrogens (tertiary/aromatic N) is 4. The van der Waals surface area contributed by atoms with Crippen LogP contribution in [-0.2, 0) is 6.18 Å². The van der Waals surface area contributed by atoms with Gasteiger partial charge < -0.3 is 9.84 Å². The van der Waals surface area contributed by atoms with E-state index in [4.69, 9.17) is 4.74 Å². The van der Waals surface area contributed by atoms with Gasteiger partial charge in [-0.1, -0.05) is 0 Å². The number of rotatable bonds is 3. The number of ether oxygens (including phenoxy) is 1. The van der Waals surface area contributed by atoms with Crippen molar-refractivity contribution in [2.75, 3.05) is 7.11 Å². The van der Waals surface area contributed by atoms with Gasteiger partial charge in [-0.05, 0) is 30.3 Å². The molecule has 0 atom stereocenters. The number of aromatic carboxylic acids is 1. The summed E-state index contributed by atoms with van der Waals surface area (Å²) in [7, 11) is 1.48. The Morgan fingerprint density at radius 3 is 2.42 bits per heavy atom. The van der Waals surface area contributed by atoms with Crippen LogP contribution in [-0.4, -0.2) is 37.8 Å². The molecule has 10 heteroatoms. The molecule has 0 aliphatic carbocycles. The summed E-state index contributed by atoms with van der Waals surface area (Å²) < 4.78 is 43.8. The lowest BCUT2D eigenvalue weighted by Crippen LogP contribution is -2.10. The third kappa shape index (κ3) is 2.73. The molecule has 0 amide bonds. The number of alkyl halides is 3. The lowest BCUT2D eigenvalue weighted by atomic mass is 10.1. The van der Waals surface area contributed by atoms with Crippen LogP contribution in [0.5, 0.6) is 5.75 Å². The monoisotopic (exact) mass is 338 g/mol. The fourth-order valence-corrected chi connectivity index (χ4v) is 2.05. The second-order valence-electron chi connectivity index (χ2n) is 4.71. The Kier molecular flexibility index (Phi) is 3.59. The van der Waals surface area contributed by atoms with E-state index in [1.807, 2.05) is 0 Å². The Bertz CT molecular complexity index is 919. The SMILES string of the molecule is COc1ccc(-c2cc(C(=O)O)n3nc(C(F)(F)F)nc3n2)cc1. The number of hydrogen-bond acceptors (Lipinski definition) is 5. The van der Waals surface area contributed by atoms with Gasteiger partial charge in [0.05, 0.1) is 12.8 Å². The van der Waals surface area contributed by atoms with Crippen molar-refractivity contribution in [1.29, 1.82) is 0 Å². The van der Waals surface area contributed by atoms with E-state index in [0.29, 0.717) is 15.8 Å². The lowest BCUT2D eigenvalue weighted by molar-refractivity contribution is -0.144. The van der Waals surface area contributed by atoms with E-state index >= 15 is 0 Å². The van der Waals surface area contributed by atoms with Crippen LogP contribution in [0.1, 0.15) is 16.3 Å². The molecule has 0 bridgehead atoms. The van der Waals surface area contributed by atoms with Crippen molar-refractivity contribution in [1.82, 2.24) is 19.6 Å². The molecule has 1 aromatic carbocycles. The number of benzene rings is 1. The van der Waals surface area contributed by atoms with Gasteiger partial charge in [0.15, 0.2) is 5.69 Å². The maximum atomic E-state index is 12.7. The smallest absolute Gasteiger partial charge is 0.453 e. The fourth-order valence-electron chi connectivity index (χ4n) is 2.05. The zero-order valence-corrected chi connectivity index (χ0v) is 12.1. The van der Waals surface area contributed by atoms with Gasteiger partial charge in [-0.2, -0.15) is 22.7 Å². The number of halogens is 3. The molecule has 0 saturated heterocycles. The molecule has 0 saturated carbocycles. The van der Waals surface area contributed by atoms with Crippen molar-refractivity contribution in [3.63, 3.8) is 0 Å². The minimum absolute atomic E-state index is 0.156. The van der Waals surface area contributed by atoms with Gasteiger partial charge in [-0.15, -0.1) is 5.10 Å². The van der Waals surface area contributed by atoms with E-state index in [9.17, 15) is 23.1 Å². The Labute approximate surface area is 132 Å². The van der Waals surface area contributed by atoms with Gasteiger partial charge in [0.2, 0.25) is 0 Å². The number of aromatic nitrogens is 4. The van der Waals surface area contributed by atoms with E-state index in [-0.39, 0.29) is 5.69 Å². The molecule has 124 valence electrons. The molecular formula is C14H9F3N4O3. The van der Waals surface area contributed by atoms with Gasteiger partial charge in [-0.3, -0.25) is 0 Å². The number of carboxylic acids is 1. The van der Waals surface area contributed by atoms with Crippen molar-refractivity contribution >= 4 is 11.7 Å². The third-order valence-electron chi connectivity index (χ3n) is 3.17. The van der Waals surface area contributed by atoms with E-state index in [0.717, 1.165) is 6.07 Å². The first-order valence-corrected chi connectivity index (χ1v) is 6.52. The molecule has 0 radical (unpaired) electrons. The quantitative estimate of drug-likeness (QED) is 0.789. The summed E-state index contributed by atoms with van der Waals surface area (Å²) in [5.41, 5.74) is 0.176. The van der Waals surface area contributed by atoms with Gasteiger partial charge >= 0.3 is 12.1 Å². The zero-order chi connectivity index (χ0) is 17.5. The molecule has 2 heterocycles. The van der Waals surface area contributed by atoms with Crippen LogP contribution in [0.2, 0.25) is 0 Å². The Hall–Kier alpha value is -3.17. The van der Waals surface area contributed by atoms with Crippen LogP contribution in [0.25, 0.3) is 17.0 Å². The van der Waals surface area contributed by atoms with Crippen molar-refractivity contribution in [2.24, 2.45) is 0 Å². The highest BCUT2D eigenvalue weighted by atomic mass is 19.4. The Morgan fingerprint density at radius 1 is 1.21 bits per heavy atom. The molecule has 7 nitrogen and oxygen atoms in total. The maximum Gasteiger partial charge on any atom is 0.453 e. The second kappa shape index (κ2) is 5.48. The summed E-state index contributed by atoms with van der Waals surface area (Å²) in [6.07, 6.45) is -4.80. The summed E-state index contributed by atoms with van der Waals surface area (Å²) in [6.45, 7) is 0. The molecule has 24 heavy (non-hydrogen) atoms.